The fourth-order valence-electron chi connectivity index (χ4n) is 0.456. The van der Waals surface area contributed by atoms with Gasteiger partial charge in [-0.05, 0) is 0 Å². The van der Waals surface area contributed by atoms with Crippen LogP contribution in [0.4, 0.5) is 43.9 Å². The van der Waals surface area contributed by atoms with Gasteiger partial charge in [0, 0.05) is 0 Å². The summed E-state index contributed by atoms with van der Waals surface area (Å²) in [6.07, 6.45) is -11.7. The summed E-state index contributed by atoms with van der Waals surface area (Å²) in [5.41, 5.74) is 0. The lowest BCUT2D eigenvalue weighted by Crippen LogP contribution is -2.37. The van der Waals surface area contributed by atoms with Gasteiger partial charge in [-0.1, -0.05) is 0 Å². The summed E-state index contributed by atoms with van der Waals surface area (Å²) in [5.74, 6) is -10.0. The molecule has 0 unspecified atom stereocenters. The number of halogens is 10. The van der Waals surface area contributed by atoms with Gasteiger partial charge in [0.1, 0.15) is 0 Å². The third kappa shape index (κ3) is 4.30. The topological polar surface area (TPSA) is 9.23 Å². The average Bonchev–Trinajstić information content (AvgIpc) is 2.09. The lowest BCUT2D eigenvalue weighted by molar-refractivity contribution is -0.273. The van der Waals surface area contributed by atoms with Crippen LogP contribution in [0.5, 0.6) is 0 Å². The summed E-state index contributed by atoms with van der Waals surface area (Å²) in [7, 11) is 0. The second kappa shape index (κ2) is 4.61. The third-order valence-electron chi connectivity index (χ3n) is 1.17. The van der Waals surface area contributed by atoms with Crippen molar-refractivity contribution in [1.82, 2.24) is 0 Å². The first-order valence-electron chi connectivity index (χ1n) is 3.49. The van der Waals surface area contributed by atoms with E-state index < -0.39 is 36.7 Å². The number of rotatable bonds is 3. The number of hydrogen-bond acceptors (Lipinski definition) is 1. The zero-order valence-corrected chi connectivity index (χ0v) is 7.39. The van der Waals surface area contributed by atoms with Gasteiger partial charge in [0.2, 0.25) is 0 Å². The highest BCUT2D eigenvalue weighted by Crippen LogP contribution is 2.43. The molecule has 0 aromatic rings. The lowest BCUT2D eigenvalue weighted by atomic mass is 10.3. The molecule has 0 atom stereocenters. The standard InChI is InChI=1S/C6H2F10O/c7-2(5(12,13)6(14,15)16)3(8)17-1-4(9,10)11/h1H2. The van der Waals surface area contributed by atoms with E-state index in [1.807, 2.05) is 0 Å². The van der Waals surface area contributed by atoms with Crippen molar-refractivity contribution in [2.75, 3.05) is 6.61 Å². The monoisotopic (exact) mass is 280 g/mol. The first-order chi connectivity index (χ1) is 7.29. The van der Waals surface area contributed by atoms with E-state index in [-0.39, 0.29) is 0 Å². The fraction of sp³-hybridized carbons (Fsp3) is 0.667. The summed E-state index contributed by atoms with van der Waals surface area (Å²) in [5, 5.41) is 0. The zero-order chi connectivity index (χ0) is 14.1. The highest BCUT2D eigenvalue weighted by atomic mass is 19.4. The highest BCUT2D eigenvalue weighted by molar-refractivity contribution is 5.08. The Labute approximate surface area is 86.6 Å². The van der Waals surface area contributed by atoms with Gasteiger partial charge in [-0.2, -0.15) is 43.9 Å². The van der Waals surface area contributed by atoms with Crippen LogP contribution >= 0.6 is 0 Å². The minimum Gasteiger partial charge on any atom is -0.459 e. The second-order valence-electron chi connectivity index (χ2n) is 2.56. The molecule has 102 valence electrons. The Balaban J connectivity index is 4.94. The summed E-state index contributed by atoms with van der Waals surface area (Å²) >= 11 is 0. The largest absolute Gasteiger partial charge is 0.460 e. The van der Waals surface area contributed by atoms with Crippen molar-refractivity contribution in [2.24, 2.45) is 0 Å². The molecular weight excluding hydrogens is 278 g/mol. The molecule has 1 nitrogen and oxygen atoms in total. The van der Waals surface area contributed by atoms with Gasteiger partial charge in [-0.3, -0.25) is 0 Å². The van der Waals surface area contributed by atoms with Crippen LogP contribution in [-0.2, 0) is 4.74 Å². The second-order valence-corrected chi connectivity index (χ2v) is 2.56. The zero-order valence-electron chi connectivity index (χ0n) is 7.39. The molecule has 0 amide bonds. The molecule has 0 spiro atoms. The Bertz CT molecular complexity index is 297. The molecule has 0 saturated heterocycles. The Morgan fingerprint density at radius 1 is 0.824 bits per heavy atom. The highest BCUT2D eigenvalue weighted by Gasteiger charge is 2.63. The predicted octanol–water partition coefficient (Wildman–Crippen LogP) is 3.87. The van der Waals surface area contributed by atoms with E-state index in [0.717, 1.165) is 0 Å². The minimum absolute atomic E-state index is 2.54. The molecule has 0 aromatic heterocycles. The van der Waals surface area contributed by atoms with Gasteiger partial charge in [0.05, 0.1) is 0 Å². The van der Waals surface area contributed by atoms with E-state index in [2.05, 4.69) is 4.74 Å². The molecule has 0 radical (unpaired) electrons. The minimum atomic E-state index is -6.49. The van der Waals surface area contributed by atoms with Gasteiger partial charge in [-0.25, -0.2) is 0 Å². The van der Waals surface area contributed by atoms with Crippen molar-refractivity contribution in [3.8, 4) is 0 Å². The van der Waals surface area contributed by atoms with Crippen LogP contribution in [0, 0.1) is 0 Å². The number of hydrogen-bond donors (Lipinski definition) is 0. The fourth-order valence-corrected chi connectivity index (χ4v) is 0.456. The number of alkyl halides is 8. The Morgan fingerprint density at radius 3 is 1.53 bits per heavy atom. The average molecular weight is 280 g/mol. The van der Waals surface area contributed by atoms with Crippen LogP contribution < -0.4 is 0 Å². The Morgan fingerprint density at radius 2 is 1.24 bits per heavy atom. The molecule has 0 aromatic carbocycles. The molecule has 0 bridgehead atoms. The molecule has 0 aliphatic heterocycles. The quantitative estimate of drug-likeness (QED) is 0.563. The molecule has 0 aliphatic carbocycles. The molecule has 0 fully saturated rings. The van der Waals surface area contributed by atoms with Crippen LogP contribution in [-0.4, -0.2) is 24.9 Å². The van der Waals surface area contributed by atoms with Crippen molar-refractivity contribution in [2.45, 2.75) is 18.3 Å². The summed E-state index contributed by atoms with van der Waals surface area (Å²) in [6.45, 7) is -2.54. The number of allylic oxidation sites excluding steroid dienone is 1. The molecule has 0 aliphatic rings. The maximum atomic E-state index is 12.2. The first-order valence-corrected chi connectivity index (χ1v) is 3.49. The van der Waals surface area contributed by atoms with Crippen LogP contribution in [0.2, 0.25) is 0 Å². The van der Waals surface area contributed by atoms with Crippen molar-refractivity contribution in [1.29, 1.82) is 0 Å². The van der Waals surface area contributed by atoms with Gasteiger partial charge in [-0.15, -0.1) is 0 Å². The van der Waals surface area contributed by atoms with Crippen LogP contribution in [0.1, 0.15) is 0 Å². The smallest absolute Gasteiger partial charge is 0.459 e. The molecular formula is C6H2F10O. The summed E-state index contributed by atoms with van der Waals surface area (Å²) in [4.78, 5) is 0. The van der Waals surface area contributed by atoms with Gasteiger partial charge in [0.15, 0.2) is 6.61 Å². The lowest BCUT2D eigenvalue weighted by Gasteiger charge is -2.18. The van der Waals surface area contributed by atoms with Crippen LogP contribution in [0.25, 0.3) is 0 Å². The van der Waals surface area contributed by atoms with E-state index in [4.69, 9.17) is 0 Å². The Kier molecular flexibility index (Phi) is 4.29. The van der Waals surface area contributed by atoms with E-state index in [0.29, 0.717) is 0 Å². The first kappa shape index (κ1) is 15.8. The van der Waals surface area contributed by atoms with Crippen LogP contribution in [0.3, 0.4) is 0 Å². The van der Waals surface area contributed by atoms with Crippen molar-refractivity contribution < 1.29 is 48.6 Å². The molecule has 17 heavy (non-hydrogen) atoms. The van der Waals surface area contributed by atoms with E-state index >= 15 is 0 Å². The van der Waals surface area contributed by atoms with Gasteiger partial charge >= 0.3 is 24.3 Å². The van der Waals surface area contributed by atoms with Gasteiger partial charge < -0.3 is 4.74 Å². The van der Waals surface area contributed by atoms with Crippen molar-refractivity contribution in [3.63, 3.8) is 0 Å². The van der Waals surface area contributed by atoms with E-state index in [1.54, 1.807) is 0 Å². The van der Waals surface area contributed by atoms with E-state index in [1.165, 1.54) is 0 Å². The molecule has 0 heterocycles. The maximum Gasteiger partial charge on any atom is 0.460 e. The molecule has 0 saturated carbocycles. The SMILES string of the molecule is FC(OCC(F)(F)F)=C(F)C(F)(F)C(F)(F)F. The van der Waals surface area contributed by atoms with Crippen molar-refractivity contribution >= 4 is 0 Å². The van der Waals surface area contributed by atoms with E-state index in [9.17, 15) is 43.9 Å². The molecule has 11 heteroatoms. The summed E-state index contributed by atoms with van der Waals surface area (Å²) < 4.78 is 120. The van der Waals surface area contributed by atoms with Crippen LogP contribution in [0.15, 0.2) is 11.8 Å². The maximum absolute atomic E-state index is 12.2. The number of ether oxygens (including phenoxy) is 1. The predicted molar refractivity (Wildman–Crippen MR) is 32.3 cm³/mol. The summed E-state index contributed by atoms with van der Waals surface area (Å²) in [6, 6.07) is -3.27. The normalized spacial score (nSPS) is 15.6. The third-order valence-corrected chi connectivity index (χ3v) is 1.17. The molecule has 0 N–H and O–H groups in total. The van der Waals surface area contributed by atoms with Gasteiger partial charge in [0.25, 0.3) is 5.83 Å². The van der Waals surface area contributed by atoms with Crippen molar-refractivity contribution in [3.05, 3.63) is 11.8 Å². The Hall–Kier alpha value is -1.16. The molecule has 0 rings (SSSR count).